The van der Waals surface area contributed by atoms with Crippen molar-refractivity contribution in [3.8, 4) is 5.75 Å². The minimum Gasteiger partial charge on any atom is -0.494 e. The minimum absolute atomic E-state index is 0.0665. The lowest BCUT2D eigenvalue weighted by atomic mass is 9.79. The van der Waals surface area contributed by atoms with Crippen molar-refractivity contribution in [3.05, 3.63) is 29.8 Å². The summed E-state index contributed by atoms with van der Waals surface area (Å²) < 4.78 is 5.34. The van der Waals surface area contributed by atoms with Gasteiger partial charge >= 0.3 is 5.97 Å². The number of ether oxygens (including phenoxy) is 1. The molecule has 0 unspecified atom stereocenters. The van der Waals surface area contributed by atoms with Crippen LogP contribution in [-0.2, 0) is 9.59 Å². The molecular weight excluding hydrogens is 324 g/mol. The second kappa shape index (κ2) is 7.13. The lowest BCUT2D eigenvalue weighted by Gasteiger charge is -2.27. The molecule has 0 heterocycles. The third-order valence-corrected chi connectivity index (χ3v) is 5.21. The first-order valence-electron chi connectivity index (χ1n) is 8.57. The number of amides is 2. The fourth-order valence-electron chi connectivity index (χ4n) is 4.19. The molecule has 0 spiro atoms. The average Bonchev–Trinajstić information content (AvgIpc) is 3.21. The van der Waals surface area contributed by atoms with Gasteiger partial charge in [0.05, 0.1) is 18.4 Å². The number of nitrogens with one attached hydrogen (secondary N) is 2. The van der Waals surface area contributed by atoms with Gasteiger partial charge in [0.1, 0.15) is 5.75 Å². The van der Waals surface area contributed by atoms with Crippen molar-refractivity contribution < 1.29 is 24.2 Å². The number of aliphatic carboxylic acids is 1. The first-order valence-corrected chi connectivity index (χ1v) is 8.57. The Morgan fingerprint density at radius 3 is 2.56 bits per heavy atom. The van der Waals surface area contributed by atoms with Crippen LogP contribution in [0.25, 0.3) is 0 Å². The van der Waals surface area contributed by atoms with E-state index in [2.05, 4.69) is 10.9 Å². The molecule has 3 N–H and O–H groups in total. The molecule has 2 fully saturated rings. The van der Waals surface area contributed by atoms with Crippen LogP contribution in [-0.4, -0.2) is 29.5 Å². The first-order chi connectivity index (χ1) is 12.0. The van der Waals surface area contributed by atoms with Gasteiger partial charge in [-0.2, -0.15) is 0 Å². The Kier molecular flexibility index (Phi) is 4.92. The average molecular weight is 346 g/mol. The van der Waals surface area contributed by atoms with E-state index in [4.69, 9.17) is 4.74 Å². The Morgan fingerprint density at radius 2 is 1.88 bits per heavy atom. The van der Waals surface area contributed by atoms with Crippen molar-refractivity contribution >= 4 is 17.8 Å². The zero-order valence-corrected chi connectivity index (χ0v) is 14.0. The van der Waals surface area contributed by atoms with Gasteiger partial charge in [-0.25, -0.2) is 0 Å². The molecule has 2 bridgehead atoms. The topological polar surface area (TPSA) is 105 Å². The molecule has 0 saturated heterocycles. The predicted octanol–water partition coefficient (Wildman–Crippen LogP) is 1.59. The van der Waals surface area contributed by atoms with Crippen molar-refractivity contribution in [3.63, 3.8) is 0 Å². The van der Waals surface area contributed by atoms with Gasteiger partial charge in [-0.15, -0.1) is 0 Å². The number of hydrogen-bond acceptors (Lipinski definition) is 4. The molecule has 7 heteroatoms. The molecule has 1 aromatic rings. The maximum Gasteiger partial charge on any atom is 0.307 e. The zero-order chi connectivity index (χ0) is 18.0. The van der Waals surface area contributed by atoms with Gasteiger partial charge in [-0.1, -0.05) is 6.07 Å². The highest BCUT2D eigenvalue weighted by Crippen LogP contribution is 2.52. The number of hydrogen-bond donors (Lipinski definition) is 3. The van der Waals surface area contributed by atoms with Crippen LogP contribution in [0.1, 0.15) is 36.5 Å². The Balaban J connectivity index is 1.61. The van der Waals surface area contributed by atoms with E-state index < -0.39 is 29.6 Å². The van der Waals surface area contributed by atoms with E-state index in [1.165, 1.54) is 0 Å². The number of benzene rings is 1. The molecule has 25 heavy (non-hydrogen) atoms. The van der Waals surface area contributed by atoms with Crippen molar-refractivity contribution in [2.24, 2.45) is 23.7 Å². The van der Waals surface area contributed by atoms with Crippen molar-refractivity contribution in [2.75, 3.05) is 6.61 Å². The maximum absolute atomic E-state index is 12.4. The van der Waals surface area contributed by atoms with Crippen LogP contribution in [0.15, 0.2) is 24.3 Å². The highest BCUT2D eigenvalue weighted by atomic mass is 16.5. The minimum atomic E-state index is -0.928. The monoisotopic (exact) mass is 346 g/mol. The summed E-state index contributed by atoms with van der Waals surface area (Å²) in [7, 11) is 0. The quantitative estimate of drug-likeness (QED) is 0.702. The third kappa shape index (κ3) is 3.45. The van der Waals surface area contributed by atoms with Crippen LogP contribution in [0, 0.1) is 23.7 Å². The molecule has 134 valence electrons. The number of fused-ring (bicyclic) bond motifs is 2. The molecule has 0 aromatic heterocycles. The van der Waals surface area contributed by atoms with Gasteiger partial charge < -0.3 is 9.84 Å². The van der Waals surface area contributed by atoms with Gasteiger partial charge in [-0.05, 0) is 56.2 Å². The second-order valence-electron chi connectivity index (χ2n) is 6.63. The lowest BCUT2D eigenvalue weighted by molar-refractivity contribution is -0.149. The van der Waals surface area contributed by atoms with Gasteiger partial charge in [0.15, 0.2) is 0 Å². The van der Waals surface area contributed by atoms with Crippen LogP contribution in [0.5, 0.6) is 5.75 Å². The Labute approximate surface area is 145 Å². The number of carbonyl (C=O) groups excluding carboxylic acids is 2. The van der Waals surface area contributed by atoms with Gasteiger partial charge in [0.2, 0.25) is 5.91 Å². The van der Waals surface area contributed by atoms with Crippen LogP contribution < -0.4 is 15.6 Å². The van der Waals surface area contributed by atoms with E-state index in [9.17, 15) is 19.5 Å². The molecule has 4 atom stereocenters. The van der Waals surface area contributed by atoms with Gasteiger partial charge in [-0.3, -0.25) is 25.2 Å². The molecular formula is C18H22N2O5. The number of rotatable bonds is 5. The van der Waals surface area contributed by atoms with E-state index >= 15 is 0 Å². The number of hydrazine groups is 1. The smallest absolute Gasteiger partial charge is 0.307 e. The standard InChI is InChI=1S/C18H22N2O5/c1-2-25-13-5-3-4-12(9-13)16(21)19-20-17(22)14-10-6-7-11(8-10)15(14)18(23)24/h3-5,9-11,14-15H,2,6-8H2,1H3,(H,19,21)(H,20,22)(H,23,24)/t10-,11-,14-,15+/m0/s1. The molecule has 2 aliphatic carbocycles. The summed E-state index contributed by atoms with van der Waals surface area (Å²) in [6, 6.07) is 6.63. The van der Waals surface area contributed by atoms with Crippen LogP contribution >= 0.6 is 0 Å². The van der Waals surface area contributed by atoms with Crippen molar-refractivity contribution in [2.45, 2.75) is 26.2 Å². The summed E-state index contributed by atoms with van der Waals surface area (Å²) in [6.07, 6.45) is 2.51. The van der Waals surface area contributed by atoms with Crippen molar-refractivity contribution in [1.29, 1.82) is 0 Å². The van der Waals surface area contributed by atoms with E-state index in [0.717, 1.165) is 19.3 Å². The number of carboxylic acids is 1. The molecule has 2 amide bonds. The summed E-state index contributed by atoms with van der Waals surface area (Å²) in [5, 5.41) is 9.41. The van der Waals surface area contributed by atoms with E-state index in [1.807, 2.05) is 6.92 Å². The Hall–Kier alpha value is -2.57. The van der Waals surface area contributed by atoms with Crippen molar-refractivity contribution in [1.82, 2.24) is 10.9 Å². The normalized spacial score (nSPS) is 26.9. The summed E-state index contributed by atoms with van der Waals surface area (Å²) in [5.41, 5.74) is 5.13. The first kappa shape index (κ1) is 17.3. The lowest BCUT2D eigenvalue weighted by Crippen LogP contribution is -2.48. The highest BCUT2D eigenvalue weighted by Gasteiger charge is 2.54. The van der Waals surface area contributed by atoms with E-state index in [1.54, 1.807) is 24.3 Å². The highest BCUT2D eigenvalue weighted by molar-refractivity contribution is 5.96. The fraction of sp³-hybridized carbons (Fsp3) is 0.500. The maximum atomic E-state index is 12.4. The predicted molar refractivity (Wildman–Crippen MR) is 88.7 cm³/mol. The van der Waals surface area contributed by atoms with Gasteiger partial charge in [0.25, 0.3) is 5.91 Å². The second-order valence-corrected chi connectivity index (χ2v) is 6.63. The summed E-state index contributed by atoms with van der Waals surface area (Å²) in [5.74, 6) is -2.33. The van der Waals surface area contributed by atoms with Crippen LogP contribution in [0.4, 0.5) is 0 Å². The Morgan fingerprint density at radius 1 is 1.16 bits per heavy atom. The molecule has 0 aliphatic heterocycles. The summed E-state index contributed by atoms with van der Waals surface area (Å²) in [4.78, 5) is 36.1. The summed E-state index contributed by atoms with van der Waals surface area (Å²) >= 11 is 0. The third-order valence-electron chi connectivity index (χ3n) is 5.21. The van der Waals surface area contributed by atoms with Crippen LogP contribution in [0.3, 0.4) is 0 Å². The molecule has 2 saturated carbocycles. The zero-order valence-electron chi connectivity index (χ0n) is 14.0. The Bertz CT molecular complexity index is 690. The molecule has 2 aliphatic rings. The molecule has 1 aromatic carbocycles. The largest absolute Gasteiger partial charge is 0.494 e. The number of carboxylic acid groups (broad SMARTS) is 1. The molecule has 3 rings (SSSR count). The number of carbonyl (C=O) groups is 3. The van der Waals surface area contributed by atoms with Gasteiger partial charge in [0, 0.05) is 5.56 Å². The molecule has 0 radical (unpaired) electrons. The molecule has 7 nitrogen and oxygen atoms in total. The van der Waals surface area contributed by atoms with Crippen LogP contribution in [0.2, 0.25) is 0 Å². The SMILES string of the molecule is CCOc1cccc(C(=O)NNC(=O)[C@H]2[C@H]3CC[C@@H](C3)[C@H]2C(=O)O)c1. The van der Waals surface area contributed by atoms with E-state index in [-0.39, 0.29) is 11.8 Å². The van der Waals surface area contributed by atoms with E-state index in [0.29, 0.717) is 17.9 Å². The summed E-state index contributed by atoms with van der Waals surface area (Å²) in [6.45, 7) is 2.34. The fourth-order valence-corrected chi connectivity index (χ4v) is 4.19.